The van der Waals surface area contributed by atoms with Crippen LogP contribution in [0.4, 0.5) is 4.79 Å². The van der Waals surface area contributed by atoms with E-state index in [1.54, 1.807) is 24.1 Å². The number of ether oxygens (including phenoxy) is 1. The van der Waals surface area contributed by atoms with E-state index in [-0.39, 0.29) is 6.03 Å². The van der Waals surface area contributed by atoms with Gasteiger partial charge in [-0.3, -0.25) is 0 Å². The van der Waals surface area contributed by atoms with Gasteiger partial charge in [0.25, 0.3) is 0 Å². The first kappa shape index (κ1) is 15.3. The lowest BCUT2D eigenvalue weighted by molar-refractivity contribution is 0.0695. The number of carboxylic acids is 1. The van der Waals surface area contributed by atoms with Crippen LogP contribution in [0, 0.1) is 0 Å². The van der Waals surface area contributed by atoms with E-state index < -0.39 is 5.97 Å². The average Bonchev–Trinajstić information content (AvgIpc) is 2.50. The molecule has 0 aliphatic carbocycles. The van der Waals surface area contributed by atoms with E-state index in [1.165, 1.54) is 0 Å². The maximum Gasteiger partial charge on any atom is 0.335 e. The molecule has 6 nitrogen and oxygen atoms in total. The Balaban J connectivity index is 1.98. The number of nitrogens with zero attached hydrogens (tertiary/aromatic N) is 1. The molecular weight excluding hydrogens is 272 g/mol. The van der Waals surface area contributed by atoms with Gasteiger partial charge in [0, 0.05) is 33.4 Å². The third-order valence-corrected chi connectivity index (χ3v) is 3.59. The molecule has 0 fully saturated rings. The molecular formula is C15H20N2O4. The van der Waals surface area contributed by atoms with E-state index in [1.807, 2.05) is 6.07 Å². The topological polar surface area (TPSA) is 78.9 Å². The first-order chi connectivity index (χ1) is 10.1. The highest BCUT2D eigenvalue weighted by Crippen LogP contribution is 2.22. The van der Waals surface area contributed by atoms with Gasteiger partial charge in [-0.1, -0.05) is 12.1 Å². The molecule has 2 amide bonds. The summed E-state index contributed by atoms with van der Waals surface area (Å²) < 4.78 is 4.93. The summed E-state index contributed by atoms with van der Waals surface area (Å²) in [7, 11) is 1.63. The molecule has 1 aromatic carbocycles. The second kappa shape index (κ2) is 7.08. The van der Waals surface area contributed by atoms with Crippen molar-refractivity contribution in [1.82, 2.24) is 10.2 Å². The number of urea groups is 1. The van der Waals surface area contributed by atoms with Crippen LogP contribution < -0.4 is 5.32 Å². The third-order valence-electron chi connectivity index (χ3n) is 3.59. The first-order valence-electron chi connectivity index (χ1n) is 6.99. The molecule has 1 heterocycles. The predicted octanol–water partition coefficient (Wildman–Crippen LogP) is 1.49. The molecule has 0 radical (unpaired) electrons. The van der Waals surface area contributed by atoms with E-state index >= 15 is 0 Å². The van der Waals surface area contributed by atoms with Crippen LogP contribution in [0.2, 0.25) is 0 Å². The summed E-state index contributed by atoms with van der Waals surface area (Å²) in [6.45, 7) is 2.18. The van der Waals surface area contributed by atoms with Crippen LogP contribution in [0.15, 0.2) is 18.2 Å². The summed E-state index contributed by atoms with van der Waals surface area (Å²) >= 11 is 0. The number of aromatic carboxylic acids is 1. The van der Waals surface area contributed by atoms with Crippen LogP contribution >= 0.6 is 0 Å². The smallest absolute Gasteiger partial charge is 0.335 e. The number of benzene rings is 1. The summed E-state index contributed by atoms with van der Waals surface area (Å²) in [4.78, 5) is 24.9. The number of fused-ring (bicyclic) bond motifs is 1. The number of hydrogen-bond acceptors (Lipinski definition) is 3. The van der Waals surface area contributed by atoms with Crippen molar-refractivity contribution in [3.8, 4) is 0 Å². The Morgan fingerprint density at radius 3 is 2.95 bits per heavy atom. The van der Waals surface area contributed by atoms with Crippen LogP contribution in [0.3, 0.4) is 0 Å². The number of carbonyl (C=O) groups excluding carboxylic acids is 1. The summed E-state index contributed by atoms with van der Waals surface area (Å²) in [6.07, 6.45) is 1.35. The van der Waals surface area contributed by atoms with Crippen LogP contribution in [0.5, 0.6) is 0 Å². The molecule has 0 unspecified atom stereocenters. The van der Waals surface area contributed by atoms with E-state index in [0.717, 1.165) is 17.5 Å². The zero-order valence-electron chi connectivity index (χ0n) is 12.1. The number of amides is 2. The second-order valence-electron chi connectivity index (χ2n) is 5.00. The normalized spacial score (nSPS) is 13.7. The van der Waals surface area contributed by atoms with Crippen LogP contribution in [0.25, 0.3) is 0 Å². The van der Waals surface area contributed by atoms with Crippen molar-refractivity contribution in [1.29, 1.82) is 0 Å². The third kappa shape index (κ3) is 3.72. The van der Waals surface area contributed by atoms with E-state index in [9.17, 15) is 14.7 Å². The fraction of sp³-hybridized carbons (Fsp3) is 0.467. The number of rotatable bonds is 5. The number of carbonyl (C=O) groups is 2. The molecule has 114 valence electrons. The summed E-state index contributed by atoms with van der Waals surface area (Å²) in [5, 5.41) is 12.0. The van der Waals surface area contributed by atoms with Crippen molar-refractivity contribution < 1.29 is 19.4 Å². The van der Waals surface area contributed by atoms with Crippen molar-refractivity contribution in [2.75, 3.05) is 26.8 Å². The molecule has 0 saturated heterocycles. The Bertz CT molecular complexity index is 530. The predicted molar refractivity (Wildman–Crippen MR) is 77.4 cm³/mol. The zero-order valence-corrected chi connectivity index (χ0v) is 12.1. The summed E-state index contributed by atoms with van der Waals surface area (Å²) in [5.41, 5.74) is 2.09. The molecule has 0 atom stereocenters. The Morgan fingerprint density at radius 1 is 1.43 bits per heavy atom. The number of methoxy groups -OCH3 is 1. The van der Waals surface area contributed by atoms with Crippen LogP contribution in [-0.4, -0.2) is 48.8 Å². The molecule has 0 aromatic heterocycles. The lowest BCUT2D eigenvalue weighted by Gasteiger charge is -2.29. The highest BCUT2D eigenvalue weighted by Gasteiger charge is 2.23. The largest absolute Gasteiger partial charge is 0.478 e. The highest BCUT2D eigenvalue weighted by atomic mass is 16.5. The van der Waals surface area contributed by atoms with Gasteiger partial charge < -0.3 is 20.1 Å². The highest BCUT2D eigenvalue weighted by molar-refractivity contribution is 5.90. The minimum absolute atomic E-state index is 0.113. The number of nitrogens with one attached hydrogen (secondary N) is 1. The lowest BCUT2D eigenvalue weighted by atomic mass is 9.95. The van der Waals surface area contributed by atoms with Crippen molar-refractivity contribution in [2.24, 2.45) is 0 Å². The Kier molecular flexibility index (Phi) is 5.16. The molecule has 0 bridgehead atoms. The number of hydrogen-bond donors (Lipinski definition) is 2. The van der Waals surface area contributed by atoms with Gasteiger partial charge in [-0.2, -0.15) is 0 Å². The molecule has 21 heavy (non-hydrogen) atoms. The van der Waals surface area contributed by atoms with Gasteiger partial charge in [-0.05, 0) is 30.0 Å². The standard InChI is InChI=1S/C15H20N2O4/c1-21-9-3-7-16-15(20)17-8-6-12-11(10-17)4-2-5-13(12)14(18)19/h2,4-5H,3,6-10H2,1H3,(H,16,20)(H,18,19). The number of carboxylic acid groups (broad SMARTS) is 1. The van der Waals surface area contributed by atoms with Gasteiger partial charge in [-0.25, -0.2) is 9.59 Å². The Labute approximate surface area is 123 Å². The van der Waals surface area contributed by atoms with Crippen molar-refractivity contribution in [3.05, 3.63) is 34.9 Å². The minimum Gasteiger partial charge on any atom is -0.478 e. The first-order valence-corrected chi connectivity index (χ1v) is 6.99. The average molecular weight is 292 g/mol. The van der Waals surface area contributed by atoms with Crippen molar-refractivity contribution in [3.63, 3.8) is 0 Å². The molecule has 0 spiro atoms. The minimum atomic E-state index is -0.913. The molecule has 0 saturated carbocycles. The van der Waals surface area contributed by atoms with E-state index in [4.69, 9.17) is 4.74 Å². The fourth-order valence-electron chi connectivity index (χ4n) is 2.51. The summed E-state index contributed by atoms with van der Waals surface area (Å²) in [6, 6.07) is 5.10. The fourth-order valence-corrected chi connectivity index (χ4v) is 2.51. The van der Waals surface area contributed by atoms with Gasteiger partial charge >= 0.3 is 12.0 Å². The zero-order chi connectivity index (χ0) is 15.2. The molecule has 6 heteroatoms. The maximum absolute atomic E-state index is 12.0. The lowest BCUT2D eigenvalue weighted by Crippen LogP contribution is -2.43. The van der Waals surface area contributed by atoms with E-state index in [0.29, 0.717) is 38.2 Å². The molecule has 2 N–H and O–H groups in total. The second-order valence-corrected chi connectivity index (χ2v) is 5.00. The van der Waals surface area contributed by atoms with Gasteiger partial charge in [0.1, 0.15) is 0 Å². The molecule has 2 rings (SSSR count). The van der Waals surface area contributed by atoms with Gasteiger partial charge in [0.05, 0.1) is 5.56 Å². The van der Waals surface area contributed by atoms with Gasteiger partial charge in [0.15, 0.2) is 0 Å². The maximum atomic E-state index is 12.0. The van der Waals surface area contributed by atoms with Gasteiger partial charge in [0.2, 0.25) is 0 Å². The SMILES string of the molecule is COCCCNC(=O)N1CCc2c(cccc2C(=O)O)C1. The van der Waals surface area contributed by atoms with Gasteiger partial charge in [-0.15, -0.1) is 0 Å². The quantitative estimate of drug-likeness (QED) is 0.806. The van der Waals surface area contributed by atoms with Crippen molar-refractivity contribution in [2.45, 2.75) is 19.4 Å². The van der Waals surface area contributed by atoms with E-state index in [2.05, 4.69) is 5.32 Å². The van der Waals surface area contributed by atoms with Crippen molar-refractivity contribution >= 4 is 12.0 Å². The monoisotopic (exact) mass is 292 g/mol. The summed E-state index contributed by atoms with van der Waals surface area (Å²) in [5.74, 6) is -0.913. The Hall–Kier alpha value is -2.08. The molecule has 1 aromatic rings. The Morgan fingerprint density at radius 2 is 2.24 bits per heavy atom. The molecule has 1 aliphatic heterocycles. The van der Waals surface area contributed by atoms with Crippen LogP contribution in [-0.2, 0) is 17.7 Å². The molecule has 1 aliphatic rings. The van der Waals surface area contributed by atoms with Crippen LogP contribution in [0.1, 0.15) is 27.9 Å².